The van der Waals surface area contributed by atoms with Crippen LogP contribution in [0.2, 0.25) is 0 Å². The van der Waals surface area contributed by atoms with Gasteiger partial charge in [-0.2, -0.15) is 13.2 Å². The molecule has 1 saturated carbocycles. The van der Waals surface area contributed by atoms with E-state index in [0.717, 1.165) is 49.9 Å². The number of amides is 1. The van der Waals surface area contributed by atoms with Crippen molar-refractivity contribution in [2.75, 3.05) is 0 Å². The summed E-state index contributed by atoms with van der Waals surface area (Å²) < 4.78 is 43.5. The van der Waals surface area contributed by atoms with Gasteiger partial charge in [-0.15, -0.1) is 0 Å². The predicted octanol–water partition coefficient (Wildman–Crippen LogP) is 5.10. The topological polar surface area (TPSA) is 51.2 Å². The number of carbonyl (C=O) groups is 1. The van der Waals surface area contributed by atoms with E-state index in [0.29, 0.717) is 0 Å². The third-order valence-corrected chi connectivity index (χ3v) is 5.30. The number of nitrogens with zero attached hydrogens (tertiary/aromatic N) is 1. The minimum absolute atomic E-state index is 0.0347. The van der Waals surface area contributed by atoms with Crippen LogP contribution in [-0.4, -0.2) is 23.0 Å². The van der Waals surface area contributed by atoms with E-state index in [4.69, 9.17) is 4.74 Å². The molecule has 1 atom stereocenters. The van der Waals surface area contributed by atoms with Crippen LogP contribution in [0.4, 0.5) is 13.2 Å². The molecule has 1 N–H and O–H groups in total. The summed E-state index contributed by atoms with van der Waals surface area (Å²) >= 11 is 0. The zero-order valence-electron chi connectivity index (χ0n) is 16.3. The maximum absolute atomic E-state index is 12.7. The van der Waals surface area contributed by atoms with Gasteiger partial charge in [0.15, 0.2) is 0 Å². The number of hydrogen-bond acceptors (Lipinski definition) is 3. The smallest absolute Gasteiger partial charge is 0.417 e. The van der Waals surface area contributed by atoms with Crippen molar-refractivity contribution < 1.29 is 22.7 Å². The third kappa shape index (κ3) is 5.71. The predicted molar refractivity (Wildman–Crippen MR) is 104 cm³/mol. The molecule has 1 aromatic heterocycles. The molecule has 0 aliphatic heterocycles. The zero-order chi connectivity index (χ0) is 20.9. The van der Waals surface area contributed by atoms with Gasteiger partial charge in [0.1, 0.15) is 6.10 Å². The second kappa shape index (κ2) is 9.29. The molecule has 1 fully saturated rings. The van der Waals surface area contributed by atoms with Gasteiger partial charge in [0.05, 0.1) is 11.5 Å². The molecule has 0 bridgehead atoms. The van der Waals surface area contributed by atoms with Crippen molar-refractivity contribution >= 4 is 5.91 Å². The number of ether oxygens (including phenoxy) is 1. The molecule has 0 spiro atoms. The highest BCUT2D eigenvalue weighted by atomic mass is 19.4. The summed E-state index contributed by atoms with van der Waals surface area (Å²) in [6, 6.07) is 12.0. The molecule has 1 aliphatic carbocycles. The summed E-state index contributed by atoms with van der Waals surface area (Å²) in [7, 11) is 0. The van der Waals surface area contributed by atoms with Crippen molar-refractivity contribution in [3.05, 3.63) is 59.8 Å². The summed E-state index contributed by atoms with van der Waals surface area (Å²) in [6.07, 6.45) is -0.0270. The lowest BCUT2D eigenvalue weighted by atomic mass is 9.91. The fourth-order valence-electron chi connectivity index (χ4n) is 3.67. The first-order valence-electron chi connectivity index (χ1n) is 9.92. The van der Waals surface area contributed by atoms with E-state index < -0.39 is 11.7 Å². The molecule has 1 aromatic carbocycles. The number of rotatable bonds is 6. The van der Waals surface area contributed by atoms with Crippen molar-refractivity contribution in [1.82, 2.24) is 10.3 Å². The minimum Gasteiger partial charge on any atom is -0.474 e. The third-order valence-electron chi connectivity index (χ3n) is 5.30. The van der Waals surface area contributed by atoms with E-state index in [2.05, 4.69) is 10.3 Å². The molecule has 1 unspecified atom stereocenters. The first-order chi connectivity index (χ1) is 13.9. The Morgan fingerprint density at radius 2 is 1.83 bits per heavy atom. The van der Waals surface area contributed by atoms with Gasteiger partial charge >= 0.3 is 6.18 Å². The Balaban J connectivity index is 1.48. The summed E-state index contributed by atoms with van der Waals surface area (Å²) in [5.74, 6) is 0.0644. The van der Waals surface area contributed by atoms with Crippen LogP contribution >= 0.6 is 0 Å². The van der Waals surface area contributed by atoms with Crippen molar-refractivity contribution in [2.24, 2.45) is 0 Å². The van der Waals surface area contributed by atoms with E-state index in [1.807, 2.05) is 37.3 Å². The zero-order valence-corrected chi connectivity index (χ0v) is 16.3. The van der Waals surface area contributed by atoms with E-state index in [-0.39, 0.29) is 29.9 Å². The molecule has 0 radical (unpaired) electrons. The van der Waals surface area contributed by atoms with Crippen molar-refractivity contribution in [2.45, 2.75) is 63.3 Å². The second-order valence-electron chi connectivity index (χ2n) is 7.35. The number of pyridine rings is 1. The highest BCUT2D eigenvalue weighted by Crippen LogP contribution is 2.30. The lowest BCUT2D eigenvalue weighted by molar-refractivity contribution is -0.137. The van der Waals surface area contributed by atoms with Crippen LogP contribution < -0.4 is 10.1 Å². The summed E-state index contributed by atoms with van der Waals surface area (Å²) in [5.41, 5.74) is 0.220. The average molecular weight is 406 g/mol. The monoisotopic (exact) mass is 406 g/mol. The average Bonchev–Trinajstić information content (AvgIpc) is 2.71. The van der Waals surface area contributed by atoms with Crippen LogP contribution in [0.3, 0.4) is 0 Å². The number of carbonyl (C=O) groups excluding carboxylic acids is 1. The molecule has 7 heteroatoms. The summed E-state index contributed by atoms with van der Waals surface area (Å²) in [4.78, 5) is 16.4. The molecule has 4 nitrogen and oxygen atoms in total. The van der Waals surface area contributed by atoms with Gasteiger partial charge in [0.25, 0.3) is 0 Å². The SMILES string of the molecule is CCC(C(=O)NC1CCC(Oc2ccc(C(F)(F)F)cn2)CC1)c1ccccc1. The Kier molecular flexibility index (Phi) is 6.77. The van der Waals surface area contributed by atoms with E-state index >= 15 is 0 Å². The highest BCUT2D eigenvalue weighted by molar-refractivity contribution is 5.83. The molecule has 1 heterocycles. The minimum atomic E-state index is -4.40. The van der Waals surface area contributed by atoms with E-state index in [9.17, 15) is 18.0 Å². The Morgan fingerprint density at radius 3 is 2.38 bits per heavy atom. The normalized spacial score (nSPS) is 20.7. The molecule has 0 saturated heterocycles. The van der Waals surface area contributed by atoms with Gasteiger partial charge in [-0.05, 0) is 43.7 Å². The molecule has 2 aromatic rings. The lowest BCUT2D eigenvalue weighted by Crippen LogP contribution is -2.41. The molecule has 29 heavy (non-hydrogen) atoms. The number of halogens is 3. The van der Waals surface area contributed by atoms with Crippen LogP contribution in [0.25, 0.3) is 0 Å². The number of benzene rings is 1. The second-order valence-corrected chi connectivity index (χ2v) is 7.35. The first kappa shape index (κ1) is 21.1. The summed E-state index contributed by atoms with van der Waals surface area (Å²) in [6.45, 7) is 2.00. The van der Waals surface area contributed by atoms with Crippen molar-refractivity contribution in [3.8, 4) is 5.88 Å². The summed E-state index contributed by atoms with van der Waals surface area (Å²) in [5, 5.41) is 3.14. The fourth-order valence-corrected chi connectivity index (χ4v) is 3.67. The van der Waals surface area contributed by atoms with Gasteiger partial charge < -0.3 is 10.1 Å². The van der Waals surface area contributed by atoms with Crippen LogP contribution in [0.15, 0.2) is 48.7 Å². The van der Waals surface area contributed by atoms with E-state index in [1.165, 1.54) is 6.07 Å². The van der Waals surface area contributed by atoms with Gasteiger partial charge in [-0.25, -0.2) is 4.98 Å². The molecule has 156 valence electrons. The largest absolute Gasteiger partial charge is 0.474 e. The first-order valence-corrected chi connectivity index (χ1v) is 9.92. The van der Waals surface area contributed by atoms with Crippen molar-refractivity contribution in [1.29, 1.82) is 0 Å². The number of nitrogens with one attached hydrogen (secondary N) is 1. The Labute approximate surface area is 168 Å². The highest BCUT2D eigenvalue weighted by Gasteiger charge is 2.31. The van der Waals surface area contributed by atoms with Crippen LogP contribution in [0, 0.1) is 0 Å². The molecular weight excluding hydrogens is 381 g/mol. The Hall–Kier alpha value is -2.57. The quantitative estimate of drug-likeness (QED) is 0.726. The Morgan fingerprint density at radius 1 is 1.14 bits per heavy atom. The van der Waals surface area contributed by atoms with E-state index in [1.54, 1.807) is 0 Å². The van der Waals surface area contributed by atoms with Crippen LogP contribution in [0.1, 0.15) is 56.1 Å². The number of hydrogen-bond donors (Lipinski definition) is 1. The Bertz CT molecular complexity index is 786. The standard InChI is InChI=1S/C22H25F3N2O2/c1-2-19(15-6-4-3-5-7-15)21(28)27-17-9-11-18(12-10-17)29-20-13-8-16(14-26-20)22(23,24)25/h3-8,13-14,17-19H,2,9-12H2,1H3,(H,27,28). The maximum Gasteiger partial charge on any atom is 0.417 e. The van der Waals surface area contributed by atoms with Crippen LogP contribution in [0.5, 0.6) is 5.88 Å². The molecule has 1 amide bonds. The lowest BCUT2D eigenvalue weighted by Gasteiger charge is -2.30. The van der Waals surface area contributed by atoms with Gasteiger partial charge in [-0.3, -0.25) is 4.79 Å². The number of aromatic nitrogens is 1. The van der Waals surface area contributed by atoms with Gasteiger partial charge in [0, 0.05) is 18.3 Å². The fraction of sp³-hybridized carbons (Fsp3) is 0.455. The molecular formula is C22H25F3N2O2. The van der Waals surface area contributed by atoms with Crippen LogP contribution in [-0.2, 0) is 11.0 Å². The van der Waals surface area contributed by atoms with Crippen molar-refractivity contribution in [3.63, 3.8) is 0 Å². The van der Waals surface area contributed by atoms with Gasteiger partial charge in [-0.1, -0.05) is 37.3 Å². The molecule has 3 rings (SSSR count). The molecule has 1 aliphatic rings. The van der Waals surface area contributed by atoms with Gasteiger partial charge in [0.2, 0.25) is 11.8 Å². The maximum atomic E-state index is 12.7. The number of alkyl halides is 3.